The van der Waals surface area contributed by atoms with Gasteiger partial charge in [0.1, 0.15) is 0 Å². The minimum Gasteiger partial charge on any atom is -0.465 e. The van der Waals surface area contributed by atoms with Crippen LogP contribution in [-0.4, -0.2) is 12.6 Å². The molecule has 0 aromatic heterocycles. The maximum Gasteiger partial charge on any atom is 0.343 e. The first-order valence-electron chi connectivity index (χ1n) is 6.07. The van der Waals surface area contributed by atoms with E-state index < -0.39 is 57.9 Å². The van der Waals surface area contributed by atoms with Crippen molar-refractivity contribution in [1.82, 2.24) is 0 Å². The number of nitrogens with zero attached hydrogens (tertiary/aromatic N) is 1. The third-order valence-corrected chi connectivity index (χ3v) is 3.32. The molecule has 0 aliphatic heterocycles. The van der Waals surface area contributed by atoms with Crippen molar-refractivity contribution in [3.63, 3.8) is 0 Å². The number of hydrogen-bond acceptors (Lipinski definition) is 3. The van der Waals surface area contributed by atoms with Crippen LogP contribution in [0.4, 0.5) is 30.7 Å². The average Bonchev–Trinajstić information content (AvgIpc) is 2.47. The SMILES string of the molecule is CCOC(=O)C(C#N)c1c(F)c(F)c(F)c2c1C(F)(F)C2(F)F. The normalized spacial score (nSPS) is 18.4. The Morgan fingerprint density at radius 1 is 1.09 bits per heavy atom. The van der Waals surface area contributed by atoms with E-state index in [0.717, 1.165) is 6.07 Å². The minimum absolute atomic E-state index is 0.336. The zero-order chi connectivity index (χ0) is 17.7. The Morgan fingerprint density at radius 3 is 2.09 bits per heavy atom. The third-order valence-electron chi connectivity index (χ3n) is 3.32. The van der Waals surface area contributed by atoms with Crippen molar-refractivity contribution in [3.05, 3.63) is 34.1 Å². The maximum absolute atomic E-state index is 13.8. The molecular formula is C13H6F7NO2. The van der Waals surface area contributed by atoms with Crippen molar-refractivity contribution >= 4 is 5.97 Å². The first-order chi connectivity index (χ1) is 10.5. The van der Waals surface area contributed by atoms with Crippen LogP contribution in [0.2, 0.25) is 0 Å². The van der Waals surface area contributed by atoms with Crippen LogP contribution in [0, 0.1) is 28.8 Å². The van der Waals surface area contributed by atoms with Crippen LogP contribution < -0.4 is 0 Å². The van der Waals surface area contributed by atoms with Gasteiger partial charge in [-0.2, -0.15) is 22.8 Å². The Morgan fingerprint density at radius 2 is 1.61 bits per heavy atom. The van der Waals surface area contributed by atoms with E-state index in [9.17, 15) is 35.5 Å². The van der Waals surface area contributed by atoms with E-state index >= 15 is 0 Å². The van der Waals surface area contributed by atoms with Gasteiger partial charge in [0, 0.05) is 11.1 Å². The van der Waals surface area contributed by atoms with E-state index in [1.165, 1.54) is 6.92 Å². The first-order valence-corrected chi connectivity index (χ1v) is 6.07. The number of halogens is 7. The fourth-order valence-corrected chi connectivity index (χ4v) is 2.28. The van der Waals surface area contributed by atoms with Gasteiger partial charge in [0.05, 0.1) is 18.2 Å². The fourth-order valence-electron chi connectivity index (χ4n) is 2.28. The van der Waals surface area contributed by atoms with Crippen molar-refractivity contribution in [1.29, 1.82) is 5.26 Å². The van der Waals surface area contributed by atoms with Crippen LogP contribution >= 0.6 is 0 Å². The van der Waals surface area contributed by atoms with Gasteiger partial charge in [-0.05, 0) is 6.92 Å². The van der Waals surface area contributed by atoms with Crippen molar-refractivity contribution < 1.29 is 40.3 Å². The van der Waals surface area contributed by atoms with E-state index in [-0.39, 0.29) is 6.61 Å². The summed E-state index contributed by atoms with van der Waals surface area (Å²) in [5, 5.41) is 8.83. The van der Waals surface area contributed by atoms with Crippen LogP contribution in [0.1, 0.15) is 29.5 Å². The standard InChI is InChI=1S/C13H6F7NO2/c1-2-23-11(22)4(3-21)5-6-7(9(15)10(16)8(5)14)13(19,20)12(6,17)18/h4H,2H2,1H3. The number of fused-ring (bicyclic) bond motifs is 1. The fraction of sp³-hybridized carbons (Fsp3) is 0.385. The highest BCUT2D eigenvalue weighted by atomic mass is 19.3. The Bertz CT molecular complexity index is 739. The number of carbonyl (C=O) groups excluding carboxylic acids is 1. The summed E-state index contributed by atoms with van der Waals surface area (Å²) in [7, 11) is 0. The van der Waals surface area contributed by atoms with Crippen LogP contribution in [0.3, 0.4) is 0 Å². The monoisotopic (exact) mass is 341 g/mol. The van der Waals surface area contributed by atoms with Gasteiger partial charge >= 0.3 is 17.8 Å². The van der Waals surface area contributed by atoms with E-state index in [1.807, 2.05) is 0 Å². The van der Waals surface area contributed by atoms with Gasteiger partial charge in [0.25, 0.3) is 0 Å². The van der Waals surface area contributed by atoms with Crippen molar-refractivity contribution in [2.45, 2.75) is 24.7 Å². The Kier molecular flexibility index (Phi) is 3.79. The molecule has 0 bridgehead atoms. The molecule has 2 rings (SSSR count). The van der Waals surface area contributed by atoms with E-state index in [0.29, 0.717) is 0 Å². The van der Waals surface area contributed by atoms with Gasteiger partial charge < -0.3 is 4.74 Å². The molecule has 0 radical (unpaired) electrons. The number of rotatable bonds is 3. The summed E-state index contributed by atoms with van der Waals surface area (Å²) in [6.45, 7) is 0.936. The zero-order valence-electron chi connectivity index (χ0n) is 11.2. The van der Waals surface area contributed by atoms with Crippen LogP contribution in [0.15, 0.2) is 0 Å². The molecule has 0 spiro atoms. The summed E-state index contributed by atoms with van der Waals surface area (Å²) in [6, 6.07) is 1.08. The molecule has 0 saturated heterocycles. The molecule has 0 amide bonds. The largest absolute Gasteiger partial charge is 0.465 e. The highest BCUT2D eigenvalue weighted by Crippen LogP contribution is 2.63. The van der Waals surface area contributed by atoms with Gasteiger partial charge in [-0.1, -0.05) is 0 Å². The number of hydrogen-bond donors (Lipinski definition) is 0. The number of nitriles is 1. The number of ether oxygens (including phenoxy) is 1. The molecule has 0 saturated carbocycles. The zero-order valence-corrected chi connectivity index (χ0v) is 11.2. The van der Waals surface area contributed by atoms with Gasteiger partial charge in [-0.3, -0.25) is 4.79 Å². The summed E-state index contributed by atoms with van der Waals surface area (Å²) in [4.78, 5) is 11.5. The lowest BCUT2D eigenvalue weighted by atomic mass is 9.73. The molecule has 1 aromatic rings. The molecule has 1 aliphatic carbocycles. The summed E-state index contributed by atoms with van der Waals surface area (Å²) >= 11 is 0. The first kappa shape index (κ1) is 17.1. The second-order valence-electron chi connectivity index (χ2n) is 4.57. The van der Waals surface area contributed by atoms with Gasteiger partial charge in [-0.25, -0.2) is 13.2 Å². The minimum atomic E-state index is -5.09. The number of esters is 1. The quantitative estimate of drug-likeness (QED) is 0.481. The predicted molar refractivity (Wildman–Crippen MR) is 59.1 cm³/mol. The van der Waals surface area contributed by atoms with E-state index in [2.05, 4.69) is 4.74 Å². The molecule has 1 unspecified atom stereocenters. The Labute approximate surface area is 124 Å². The lowest BCUT2D eigenvalue weighted by Crippen LogP contribution is -2.50. The van der Waals surface area contributed by atoms with E-state index in [4.69, 9.17) is 5.26 Å². The van der Waals surface area contributed by atoms with E-state index in [1.54, 1.807) is 0 Å². The molecule has 23 heavy (non-hydrogen) atoms. The highest BCUT2D eigenvalue weighted by Gasteiger charge is 2.73. The molecule has 0 fully saturated rings. The molecule has 0 heterocycles. The molecule has 1 atom stereocenters. The molecule has 1 aromatic carbocycles. The molecular weight excluding hydrogens is 335 g/mol. The lowest BCUT2D eigenvalue weighted by Gasteiger charge is -2.40. The number of alkyl halides is 4. The topological polar surface area (TPSA) is 50.1 Å². The summed E-state index contributed by atoms with van der Waals surface area (Å²) in [5.41, 5.74) is -5.62. The Hall–Kier alpha value is -2.31. The number of benzene rings is 1. The molecule has 0 N–H and O–H groups in total. The number of carbonyl (C=O) groups is 1. The summed E-state index contributed by atoms with van der Waals surface area (Å²) in [6.07, 6.45) is 0. The van der Waals surface area contributed by atoms with Gasteiger partial charge in [-0.15, -0.1) is 0 Å². The maximum atomic E-state index is 13.8. The third kappa shape index (κ3) is 1.99. The summed E-state index contributed by atoms with van der Waals surface area (Å²) < 4.78 is 98.7. The highest BCUT2D eigenvalue weighted by molar-refractivity contribution is 5.83. The second kappa shape index (κ2) is 5.11. The van der Waals surface area contributed by atoms with Crippen LogP contribution in [0.25, 0.3) is 0 Å². The van der Waals surface area contributed by atoms with Crippen LogP contribution in [0.5, 0.6) is 0 Å². The average molecular weight is 341 g/mol. The molecule has 10 heteroatoms. The Balaban J connectivity index is 2.82. The molecule has 1 aliphatic rings. The van der Waals surface area contributed by atoms with Crippen LogP contribution in [-0.2, 0) is 21.4 Å². The smallest absolute Gasteiger partial charge is 0.343 e. The van der Waals surface area contributed by atoms with Gasteiger partial charge in [0.15, 0.2) is 23.4 Å². The summed E-state index contributed by atoms with van der Waals surface area (Å²) in [5.74, 6) is -21.4. The molecule has 3 nitrogen and oxygen atoms in total. The molecule has 124 valence electrons. The predicted octanol–water partition coefficient (Wildman–Crippen LogP) is 3.47. The second-order valence-corrected chi connectivity index (χ2v) is 4.57. The van der Waals surface area contributed by atoms with Crippen molar-refractivity contribution in [2.75, 3.05) is 6.61 Å². The van der Waals surface area contributed by atoms with Crippen molar-refractivity contribution in [2.24, 2.45) is 0 Å². The van der Waals surface area contributed by atoms with Crippen molar-refractivity contribution in [3.8, 4) is 6.07 Å². The lowest BCUT2D eigenvalue weighted by molar-refractivity contribution is -0.257. The van der Waals surface area contributed by atoms with Gasteiger partial charge in [0.2, 0.25) is 0 Å².